The van der Waals surface area contributed by atoms with Crippen LogP contribution in [0, 0.1) is 0 Å². The summed E-state index contributed by atoms with van der Waals surface area (Å²) in [5, 5.41) is 3.25. The molecule has 0 aliphatic carbocycles. The van der Waals surface area contributed by atoms with Crippen molar-refractivity contribution in [2.75, 3.05) is 20.1 Å². The van der Waals surface area contributed by atoms with E-state index >= 15 is 0 Å². The van der Waals surface area contributed by atoms with Crippen LogP contribution >= 0.6 is 15.9 Å². The van der Waals surface area contributed by atoms with E-state index in [1.54, 1.807) is 0 Å². The first-order valence-electron chi connectivity index (χ1n) is 5.93. The number of benzene rings is 1. The van der Waals surface area contributed by atoms with Crippen LogP contribution in [0.3, 0.4) is 0 Å². The van der Waals surface area contributed by atoms with Crippen molar-refractivity contribution in [2.24, 2.45) is 0 Å². The lowest BCUT2D eigenvalue weighted by atomic mass is 10.0. The number of rotatable bonds is 2. The van der Waals surface area contributed by atoms with Gasteiger partial charge in [-0.25, -0.2) is 0 Å². The van der Waals surface area contributed by atoms with Gasteiger partial charge in [0.15, 0.2) is 0 Å². The standard InChI is InChI=1S/C13H17BrN2O/c1-15-12-6-3-7-16(9-12)13(17)10-4-2-5-11(14)8-10/h2,4-5,8,12,15H,3,6-7,9H2,1H3. The van der Waals surface area contributed by atoms with E-state index in [-0.39, 0.29) is 5.91 Å². The number of likely N-dealkylation sites (N-methyl/N-ethyl adjacent to an activating group) is 1. The first-order chi connectivity index (χ1) is 8.20. The predicted octanol–water partition coefficient (Wildman–Crippen LogP) is 2.27. The number of likely N-dealkylation sites (tertiary alicyclic amines) is 1. The summed E-state index contributed by atoms with van der Waals surface area (Å²) in [7, 11) is 1.96. The number of nitrogens with one attached hydrogen (secondary N) is 1. The summed E-state index contributed by atoms with van der Waals surface area (Å²) in [6.07, 6.45) is 2.23. The Morgan fingerprint density at radius 2 is 2.35 bits per heavy atom. The van der Waals surface area contributed by atoms with Crippen molar-refractivity contribution < 1.29 is 4.79 Å². The van der Waals surface area contributed by atoms with Crippen LogP contribution in [-0.2, 0) is 0 Å². The molecule has 0 saturated carbocycles. The lowest BCUT2D eigenvalue weighted by molar-refractivity contribution is 0.0698. The van der Waals surface area contributed by atoms with Crippen LogP contribution in [0.25, 0.3) is 0 Å². The molecule has 1 aliphatic rings. The second-order valence-corrected chi connectivity index (χ2v) is 5.31. The Hall–Kier alpha value is -0.870. The number of hydrogen-bond donors (Lipinski definition) is 1. The van der Waals surface area contributed by atoms with Crippen LogP contribution in [-0.4, -0.2) is 37.0 Å². The van der Waals surface area contributed by atoms with Gasteiger partial charge in [-0.2, -0.15) is 0 Å². The van der Waals surface area contributed by atoms with Crippen molar-refractivity contribution in [3.8, 4) is 0 Å². The first kappa shape index (κ1) is 12.6. The molecule has 0 bridgehead atoms. The van der Waals surface area contributed by atoms with Gasteiger partial charge in [0.25, 0.3) is 5.91 Å². The summed E-state index contributed by atoms with van der Waals surface area (Å²) in [5.74, 6) is 0.131. The van der Waals surface area contributed by atoms with Crippen molar-refractivity contribution in [3.63, 3.8) is 0 Å². The maximum Gasteiger partial charge on any atom is 0.253 e. The van der Waals surface area contributed by atoms with E-state index in [0.717, 1.165) is 36.0 Å². The topological polar surface area (TPSA) is 32.3 Å². The third kappa shape index (κ3) is 3.07. The summed E-state index contributed by atoms with van der Waals surface area (Å²) < 4.78 is 0.950. The van der Waals surface area contributed by atoms with Crippen LogP contribution in [0.15, 0.2) is 28.7 Å². The maximum atomic E-state index is 12.3. The molecule has 1 atom stereocenters. The van der Waals surface area contributed by atoms with Gasteiger partial charge in [0.05, 0.1) is 0 Å². The molecule has 0 radical (unpaired) electrons. The zero-order valence-corrected chi connectivity index (χ0v) is 11.5. The number of piperidine rings is 1. The minimum atomic E-state index is 0.131. The quantitative estimate of drug-likeness (QED) is 0.908. The molecule has 0 spiro atoms. The zero-order chi connectivity index (χ0) is 12.3. The van der Waals surface area contributed by atoms with E-state index in [1.807, 2.05) is 36.2 Å². The van der Waals surface area contributed by atoms with Crippen molar-refractivity contribution in [1.82, 2.24) is 10.2 Å². The van der Waals surface area contributed by atoms with Gasteiger partial charge in [-0.15, -0.1) is 0 Å². The Bertz CT molecular complexity index is 408. The summed E-state index contributed by atoms with van der Waals surface area (Å²) >= 11 is 3.40. The van der Waals surface area contributed by atoms with Gasteiger partial charge in [-0.1, -0.05) is 22.0 Å². The monoisotopic (exact) mass is 296 g/mol. The molecule has 0 aromatic heterocycles. The van der Waals surface area contributed by atoms with Gasteiger partial charge in [0.1, 0.15) is 0 Å². The Morgan fingerprint density at radius 3 is 3.06 bits per heavy atom. The van der Waals surface area contributed by atoms with Crippen LogP contribution in [0.5, 0.6) is 0 Å². The van der Waals surface area contributed by atoms with Crippen molar-refractivity contribution >= 4 is 21.8 Å². The van der Waals surface area contributed by atoms with Crippen LogP contribution < -0.4 is 5.32 Å². The number of nitrogens with zero attached hydrogens (tertiary/aromatic N) is 1. The maximum absolute atomic E-state index is 12.3. The SMILES string of the molecule is CNC1CCCN(C(=O)c2cccc(Br)c2)C1. The number of halogens is 1. The van der Waals surface area contributed by atoms with Gasteiger partial charge in [0.2, 0.25) is 0 Å². The largest absolute Gasteiger partial charge is 0.337 e. The summed E-state index contributed by atoms with van der Waals surface area (Å²) in [6.45, 7) is 1.67. The molecular weight excluding hydrogens is 280 g/mol. The van der Waals surface area contributed by atoms with Crippen molar-refractivity contribution in [1.29, 1.82) is 0 Å². The first-order valence-corrected chi connectivity index (χ1v) is 6.72. The minimum absolute atomic E-state index is 0.131. The van der Waals surface area contributed by atoms with Crippen molar-refractivity contribution in [3.05, 3.63) is 34.3 Å². The van der Waals surface area contributed by atoms with Crippen LogP contribution in [0.4, 0.5) is 0 Å². The third-order valence-corrected chi connectivity index (χ3v) is 3.68. The second kappa shape index (κ2) is 5.65. The van der Waals surface area contributed by atoms with E-state index in [1.165, 1.54) is 0 Å². The molecule has 1 amide bonds. The lowest BCUT2D eigenvalue weighted by Crippen LogP contribution is -2.46. The number of hydrogen-bond acceptors (Lipinski definition) is 2. The zero-order valence-electron chi connectivity index (χ0n) is 9.95. The fourth-order valence-corrected chi connectivity index (χ4v) is 2.60. The molecule has 92 valence electrons. The molecule has 1 heterocycles. The molecule has 1 aromatic carbocycles. The van der Waals surface area contributed by atoms with E-state index in [9.17, 15) is 4.79 Å². The summed E-state index contributed by atoms with van der Waals surface area (Å²) in [6, 6.07) is 8.02. The van der Waals surface area contributed by atoms with Gasteiger partial charge < -0.3 is 10.2 Å². The van der Waals surface area contributed by atoms with Gasteiger partial charge in [-0.05, 0) is 38.1 Å². The summed E-state index contributed by atoms with van der Waals surface area (Å²) in [4.78, 5) is 14.2. The molecule has 1 saturated heterocycles. The summed E-state index contributed by atoms with van der Waals surface area (Å²) in [5.41, 5.74) is 0.760. The Labute approximate surface area is 110 Å². The number of amides is 1. The van der Waals surface area contributed by atoms with Crippen LogP contribution in [0.1, 0.15) is 23.2 Å². The second-order valence-electron chi connectivity index (χ2n) is 4.39. The molecule has 17 heavy (non-hydrogen) atoms. The average Bonchev–Trinajstić information content (AvgIpc) is 2.38. The highest BCUT2D eigenvalue weighted by Crippen LogP contribution is 2.16. The molecule has 1 unspecified atom stereocenters. The van der Waals surface area contributed by atoms with E-state index in [4.69, 9.17) is 0 Å². The molecule has 1 aromatic rings. The fraction of sp³-hybridized carbons (Fsp3) is 0.462. The van der Waals surface area contributed by atoms with Gasteiger partial charge in [0, 0.05) is 29.2 Å². The van der Waals surface area contributed by atoms with E-state index in [0.29, 0.717) is 6.04 Å². The normalized spacial score (nSPS) is 20.4. The fourth-order valence-electron chi connectivity index (χ4n) is 2.20. The highest BCUT2D eigenvalue weighted by atomic mass is 79.9. The highest BCUT2D eigenvalue weighted by Gasteiger charge is 2.23. The molecule has 2 rings (SSSR count). The average molecular weight is 297 g/mol. The van der Waals surface area contributed by atoms with Gasteiger partial charge in [-0.3, -0.25) is 4.79 Å². The van der Waals surface area contributed by atoms with E-state index in [2.05, 4.69) is 21.2 Å². The van der Waals surface area contributed by atoms with Crippen molar-refractivity contribution in [2.45, 2.75) is 18.9 Å². The number of carbonyl (C=O) groups is 1. The Balaban J connectivity index is 2.09. The molecule has 4 heteroatoms. The molecule has 1 aliphatic heterocycles. The van der Waals surface area contributed by atoms with E-state index < -0.39 is 0 Å². The Morgan fingerprint density at radius 1 is 1.53 bits per heavy atom. The highest BCUT2D eigenvalue weighted by molar-refractivity contribution is 9.10. The molecule has 3 nitrogen and oxygen atoms in total. The van der Waals surface area contributed by atoms with Gasteiger partial charge >= 0.3 is 0 Å². The minimum Gasteiger partial charge on any atom is -0.337 e. The lowest BCUT2D eigenvalue weighted by Gasteiger charge is -2.32. The predicted molar refractivity (Wildman–Crippen MR) is 72.1 cm³/mol. The Kier molecular flexibility index (Phi) is 4.18. The third-order valence-electron chi connectivity index (χ3n) is 3.19. The van der Waals surface area contributed by atoms with Crippen LogP contribution in [0.2, 0.25) is 0 Å². The molecule has 1 N–H and O–H groups in total. The smallest absolute Gasteiger partial charge is 0.253 e. The number of carbonyl (C=O) groups excluding carboxylic acids is 1. The molecule has 1 fully saturated rings. The molecular formula is C13H17BrN2O.